The number of benzene rings is 1. The van der Waals surface area contributed by atoms with E-state index in [9.17, 15) is 33.6 Å². The predicted molar refractivity (Wildman–Crippen MR) is 145 cm³/mol. The van der Waals surface area contributed by atoms with Crippen molar-refractivity contribution in [3.05, 3.63) is 71.4 Å². The lowest BCUT2D eigenvalue weighted by atomic mass is 9.96. The Morgan fingerprint density at radius 1 is 0.651 bits per heavy atom. The van der Waals surface area contributed by atoms with Gasteiger partial charge in [-0.05, 0) is 66.0 Å². The fraction of sp³-hybridized carbons (Fsp3) is 0.276. The Morgan fingerprint density at radius 3 is 1.49 bits per heavy atom. The molecule has 3 atom stereocenters. The molecule has 2 aliphatic rings. The summed E-state index contributed by atoms with van der Waals surface area (Å²) in [6.07, 6.45) is 8.37. The van der Waals surface area contributed by atoms with Crippen molar-refractivity contribution in [3.63, 3.8) is 0 Å². The number of quaternary nitrogens is 1. The largest absolute Gasteiger partial charge is 1.00 e. The van der Waals surface area contributed by atoms with Crippen molar-refractivity contribution in [3.8, 4) is 11.5 Å². The highest BCUT2D eigenvalue weighted by atomic mass is 35.5. The smallest absolute Gasteiger partial charge is 0.362 e. The van der Waals surface area contributed by atoms with Crippen LogP contribution in [0.3, 0.4) is 0 Å². The molecule has 0 aliphatic heterocycles. The van der Waals surface area contributed by atoms with Gasteiger partial charge in [0, 0.05) is 6.42 Å². The third-order valence-corrected chi connectivity index (χ3v) is 5.81. The zero-order valence-electron chi connectivity index (χ0n) is 23.2. The Morgan fingerprint density at radius 2 is 1.09 bits per heavy atom. The van der Waals surface area contributed by atoms with Gasteiger partial charge in [0.15, 0.2) is 17.5 Å². The summed E-state index contributed by atoms with van der Waals surface area (Å²) in [6, 6.07) is 3.51. The first-order valence-corrected chi connectivity index (χ1v) is 12.5. The van der Waals surface area contributed by atoms with Crippen LogP contribution in [0, 0.1) is 11.8 Å². The fourth-order valence-electron chi connectivity index (χ4n) is 3.31. The third kappa shape index (κ3) is 13.6. The molecule has 0 spiro atoms. The SMILES string of the molecule is CC(CC1=CC(=O)C(=O)C=C1)C(=O)O.CC(Cc1ccc(O)c(O)c1)C(=O)O.[Cl-].[NH3+]C(CC1=CC(=O)C(=O)C=C1)C(=O)O. The zero-order valence-corrected chi connectivity index (χ0v) is 24.0. The van der Waals surface area contributed by atoms with Gasteiger partial charge >= 0.3 is 17.9 Å². The highest BCUT2D eigenvalue weighted by Gasteiger charge is 2.21. The molecule has 232 valence electrons. The molecule has 43 heavy (non-hydrogen) atoms. The minimum Gasteiger partial charge on any atom is -1.00 e. The average molecular weight is 622 g/mol. The quantitative estimate of drug-likeness (QED) is 0.0976. The number of phenols is 2. The molecule has 3 rings (SSSR count). The maximum atomic E-state index is 10.9. The molecule has 14 heteroatoms. The maximum absolute atomic E-state index is 10.9. The predicted octanol–water partition coefficient (Wildman–Crippen LogP) is -2.20. The van der Waals surface area contributed by atoms with E-state index in [1.807, 2.05) is 0 Å². The van der Waals surface area contributed by atoms with E-state index in [-0.39, 0.29) is 36.7 Å². The van der Waals surface area contributed by atoms with Crippen LogP contribution in [0.25, 0.3) is 0 Å². The lowest BCUT2D eigenvalue weighted by molar-refractivity contribution is -0.406. The van der Waals surface area contributed by atoms with Gasteiger partial charge in [-0.1, -0.05) is 32.1 Å². The Bertz CT molecular complexity index is 1320. The topological polar surface area (TPSA) is 248 Å². The number of carbonyl (C=O) groups excluding carboxylic acids is 4. The molecule has 3 unspecified atom stereocenters. The third-order valence-electron chi connectivity index (χ3n) is 5.81. The number of hydrogen-bond donors (Lipinski definition) is 6. The highest BCUT2D eigenvalue weighted by molar-refractivity contribution is 6.47. The zero-order chi connectivity index (χ0) is 32.1. The van der Waals surface area contributed by atoms with Crippen LogP contribution in [0.5, 0.6) is 11.5 Å². The van der Waals surface area contributed by atoms with Gasteiger partial charge in [-0.2, -0.15) is 0 Å². The van der Waals surface area contributed by atoms with E-state index >= 15 is 0 Å². The van der Waals surface area contributed by atoms with E-state index in [4.69, 9.17) is 25.5 Å². The van der Waals surface area contributed by atoms with Crippen molar-refractivity contribution < 1.29 is 77.2 Å². The van der Waals surface area contributed by atoms with Crippen molar-refractivity contribution in [2.24, 2.45) is 11.8 Å². The molecule has 0 saturated carbocycles. The Hall–Kier alpha value is -4.88. The van der Waals surface area contributed by atoms with E-state index in [0.717, 1.165) is 12.2 Å². The van der Waals surface area contributed by atoms with Gasteiger partial charge in [0.2, 0.25) is 23.1 Å². The standard InChI is InChI=1S/C10H12O4.C10H10O4.C9H9NO4.ClH/c2*1-6(10(13)14)4-7-2-3-8(11)9(12)5-7;10-6(9(13)14)3-5-1-2-7(11)8(12)4-5;/h2-3,5-6,11-12H,4H2,1H3,(H,13,14);2-3,5-6H,4H2,1H3,(H,13,14);1-2,4,6H,3,10H2,(H,13,14);1H. The van der Waals surface area contributed by atoms with E-state index < -0.39 is 58.9 Å². The first-order valence-electron chi connectivity index (χ1n) is 12.5. The molecule has 1 aromatic carbocycles. The lowest BCUT2D eigenvalue weighted by Gasteiger charge is -2.08. The minimum absolute atomic E-state index is 0. The second kappa shape index (κ2) is 17.8. The molecule has 0 saturated heterocycles. The van der Waals surface area contributed by atoms with Crippen molar-refractivity contribution in [2.75, 3.05) is 0 Å². The molecule has 0 bridgehead atoms. The van der Waals surface area contributed by atoms with Gasteiger partial charge in [-0.25, -0.2) is 4.79 Å². The summed E-state index contributed by atoms with van der Waals surface area (Å²) >= 11 is 0. The van der Waals surface area contributed by atoms with Crippen LogP contribution < -0.4 is 18.1 Å². The molecule has 0 radical (unpaired) electrons. The van der Waals surface area contributed by atoms with Crippen molar-refractivity contribution in [2.45, 2.75) is 39.2 Å². The summed E-state index contributed by atoms with van der Waals surface area (Å²) < 4.78 is 0. The molecular weight excluding hydrogens is 590 g/mol. The molecule has 0 amide bonds. The maximum Gasteiger partial charge on any atom is 0.362 e. The molecule has 0 aromatic heterocycles. The second-order valence-corrected chi connectivity index (χ2v) is 9.51. The van der Waals surface area contributed by atoms with Crippen LogP contribution >= 0.6 is 0 Å². The van der Waals surface area contributed by atoms with Gasteiger partial charge < -0.3 is 43.7 Å². The summed E-state index contributed by atoms with van der Waals surface area (Å²) in [6.45, 7) is 3.14. The summed E-state index contributed by atoms with van der Waals surface area (Å²) in [5, 5.41) is 44.0. The number of carboxylic acids is 3. The van der Waals surface area contributed by atoms with Crippen molar-refractivity contribution in [1.82, 2.24) is 0 Å². The summed E-state index contributed by atoms with van der Waals surface area (Å²) in [5.74, 6) is -6.62. The summed E-state index contributed by atoms with van der Waals surface area (Å²) in [7, 11) is 0. The number of carbonyl (C=O) groups is 7. The minimum atomic E-state index is -1.02. The fourth-order valence-corrected chi connectivity index (χ4v) is 3.31. The number of ketones is 4. The van der Waals surface area contributed by atoms with Crippen molar-refractivity contribution in [1.29, 1.82) is 0 Å². The number of allylic oxidation sites excluding steroid dienone is 7. The number of aliphatic carboxylic acids is 3. The first-order chi connectivity index (χ1) is 19.5. The highest BCUT2D eigenvalue weighted by Crippen LogP contribution is 2.26. The van der Waals surface area contributed by atoms with E-state index in [2.05, 4.69) is 5.73 Å². The van der Waals surface area contributed by atoms with Gasteiger partial charge in [0.25, 0.3) is 0 Å². The first kappa shape index (κ1) is 38.1. The molecule has 1 aromatic rings. The second-order valence-electron chi connectivity index (χ2n) is 9.51. The van der Waals surface area contributed by atoms with Gasteiger partial charge in [-0.15, -0.1) is 0 Å². The number of carboxylic acid groups (broad SMARTS) is 3. The summed E-state index contributed by atoms with van der Waals surface area (Å²) in [4.78, 5) is 74.9. The number of rotatable bonds is 9. The summed E-state index contributed by atoms with van der Waals surface area (Å²) in [5.41, 5.74) is 5.21. The van der Waals surface area contributed by atoms with Crippen LogP contribution in [0.2, 0.25) is 0 Å². The van der Waals surface area contributed by atoms with Crippen LogP contribution in [-0.4, -0.2) is 72.6 Å². The number of phenolic OH excluding ortho intramolecular Hbond substituents is 2. The molecule has 2 aliphatic carbocycles. The van der Waals surface area contributed by atoms with Gasteiger partial charge in [0.05, 0.1) is 11.8 Å². The molecular formula is C29H32ClNO12. The lowest BCUT2D eigenvalue weighted by Crippen LogP contribution is -3.00. The molecule has 8 N–H and O–H groups in total. The van der Waals surface area contributed by atoms with Crippen molar-refractivity contribution >= 4 is 41.0 Å². The Kier molecular flexibility index (Phi) is 15.8. The molecule has 13 nitrogen and oxygen atoms in total. The normalized spacial score (nSPS) is 15.7. The van der Waals surface area contributed by atoms with Crippen LogP contribution in [-0.2, 0) is 40.0 Å². The monoisotopic (exact) mass is 621 g/mol. The van der Waals surface area contributed by atoms with E-state index in [1.54, 1.807) is 19.9 Å². The number of halogens is 1. The number of hydrogen-bond acceptors (Lipinski definition) is 9. The van der Waals surface area contributed by atoms with Crippen LogP contribution in [0.15, 0.2) is 65.8 Å². The Balaban J connectivity index is 0.000000608. The number of aromatic hydroxyl groups is 2. The van der Waals surface area contributed by atoms with Gasteiger partial charge in [-0.3, -0.25) is 28.8 Å². The molecule has 0 fully saturated rings. The van der Waals surface area contributed by atoms with Crippen LogP contribution in [0.4, 0.5) is 0 Å². The molecule has 0 heterocycles. The average Bonchev–Trinajstić information content (AvgIpc) is 2.91. The van der Waals surface area contributed by atoms with Crippen LogP contribution in [0.1, 0.15) is 32.3 Å². The Labute approximate surface area is 252 Å². The van der Waals surface area contributed by atoms with E-state index in [0.29, 0.717) is 23.1 Å². The van der Waals surface area contributed by atoms with E-state index in [1.165, 1.54) is 36.4 Å². The van der Waals surface area contributed by atoms with Gasteiger partial charge in [0.1, 0.15) is 0 Å².